The van der Waals surface area contributed by atoms with Crippen LogP contribution in [-0.2, 0) is 22.5 Å². The zero-order valence-corrected chi connectivity index (χ0v) is 16.4. The maximum absolute atomic E-state index is 12.6. The van der Waals surface area contributed by atoms with E-state index in [0.717, 1.165) is 24.2 Å². The summed E-state index contributed by atoms with van der Waals surface area (Å²) in [6.45, 7) is 4.74. The second-order valence-corrected chi connectivity index (χ2v) is 6.82. The van der Waals surface area contributed by atoms with Crippen molar-refractivity contribution in [2.24, 2.45) is 0 Å². The number of hydrogen-bond donors (Lipinski definition) is 2. The third-order valence-corrected chi connectivity index (χ3v) is 5.07. The lowest BCUT2D eigenvalue weighted by molar-refractivity contribution is -0.117. The summed E-state index contributed by atoms with van der Waals surface area (Å²) in [5.41, 5.74) is 3.88. The minimum atomic E-state index is -0.448. The third-order valence-electron chi connectivity index (χ3n) is 5.07. The number of esters is 1. The Morgan fingerprint density at radius 2 is 1.96 bits per heavy atom. The Bertz CT molecular complexity index is 899. The van der Waals surface area contributed by atoms with E-state index < -0.39 is 5.97 Å². The van der Waals surface area contributed by atoms with Crippen molar-refractivity contribution < 1.29 is 19.1 Å². The summed E-state index contributed by atoms with van der Waals surface area (Å²) in [5.74, 6) is -0.575. The Hall–Kier alpha value is -3.09. The van der Waals surface area contributed by atoms with Gasteiger partial charge in [-0.25, -0.2) is 4.79 Å². The summed E-state index contributed by atoms with van der Waals surface area (Å²) < 4.78 is 4.82. The largest absolute Gasteiger partial charge is 0.465 e. The predicted octanol–water partition coefficient (Wildman–Crippen LogP) is 2.73. The average molecular weight is 383 g/mol. The molecule has 0 bridgehead atoms. The summed E-state index contributed by atoms with van der Waals surface area (Å²) >= 11 is 0. The van der Waals surface area contributed by atoms with Gasteiger partial charge in [0, 0.05) is 30.9 Å². The number of H-pyrrole nitrogens is 1. The zero-order chi connectivity index (χ0) is 20.3. The summed E-state index contributed by atoms with van der Waals surface area (Å²) in [5, 5.41) is 2.87. The zero-order valence-electron chi connectivity index (χ0n) is 16.4. The Morgan fingerprint density at radius 3 is 2.54 bits per heavy atom. The maximum atomic E-state index is 12.6. The minimum Gasteiger partial charge on any atom is -0.465 e. The van der Waals surface area contributed by atoms with Crippen LogP contribution in [0.4, 0.5) is 5.69 Å². The van der Waals surface area contributed by atoms with Crippen LogP contribution in [0.5, 0.6) is 0 Å². The number of aromatic nitrogens is 1. The van der Waals surface area contributed by atoms with E-state index >= 15 is 0 Å². The highest BCUT2D eigenvalue weighted by Crippen LogP contribution is 2.22. The van der Waals surface area contributed by atoms with Crippen LogP contribution in [0.1, 0.15) is 57.4 Å². The lowest BCUT2D eigenvalue weighted by Gasteiger charge is -2.16. The molecule has 3 rings (SSSR count). The molecule has 1 saturated heterocycles. The number of anilines is 1. The Morgan fingerprint density at radius 1 is 1.25 bits per heavy atom. The number of amides is 2. The fourth-order valence-corrected chi connectivity index (χ4v) is 3.51. The standard InChI is InChI=1S/C21H25N3O4/c1-4-16-18(21(27)28-3)13(2)19(23-16)20(26)22-12-14-7-9-15(10-8-14)24-11-5-6-17(24)25/h7-10,23H,4-6,11-12H2,1-3H3,(H,22,26). The molecule has 1 aliphatic rings. The second kappa shape index (κ2) is 8.29. The highest BCUT2D eigenvalue weighted by atomic mass is 16.5. The van der Waals surface area contributed by atoms with Gasteiger partial charge in [0.1, 0.15) is 5.69 Å². The van der Waals surface area contributed by atoms with E-state index in [2.05, 4.69) is 10.3 Å². The summed E-state index contributed by atoms with van der Waals surface area (Å²) in [7, 11) is 1.33. The van der Waals surface area contributed by atoms with Gasteiger partial charge in [-0.1, -0.05) is 19.1 Å². The van der Waals surface area contributed by atoms with Crippen LogP contribution in [0.2, 0.25) is 0 Å². The number of carbonyl (C=O) groups excluding carboxylic acids is 3. The van der Waals surface area contributed by atoms with Crippen molar-refractivity contribution in [2.45, 2.75) is 39.7 Å². The lowest BCUT2D eigenvalue weighted by Crippen LogP contribution is -2.25. The Kier molecular flexibility index (Phi) is 5.82. The summed E-state index contributed by atoms with van der Waals surface area (Å²) in [6, 6.07) is 7.60. The molecular formula is C21H25N3O4. The first-order chi connectivity index (χ1) is 13.5. The first-order valence-corrected chi connectivity index (χ1v) is 9.43. The van der Waals surface area contributed by atoms with Crippen molar-refractivity contribution in [1.82, 2.24) is 10.3 Å². The third kappa shape index (κ3) is 3.78. The second-order valence-electron chi connectivity index (χ2n) is 6.82. The molecule has 0 aliphatic carbocycles. The molecule has 2 heterocycles. The summed E-state index contributed by atoms with van der Waals surface area (Å²) in [4.78, 5) is 41.2. The van der Waals surface area contributed by atoms with Crippen molar-refractivity contribution in [2.75, 3.05) is 18.6 Å². The van der Waals surface area contributed by atoms with E-state index in [-0.39, 0.29) is 11.8 Å². The van der Waals surface area contributed by atoms with Crippen molar-refractivity contribution in [3.8, 4) is 0 Å². The van der Waals surface area contributed by atoms with Gasteiger partial charge < -0.3 is 19.9 Å². The SMILES string of the molecule is CCc1[nH]c(C(=O)NCc2ccc(N3CCCC3=O)cc2)c(C)c1C(=O)OC. The predicted molar refractivity (Wildman–Crippen MR) is 105 cm³/mol. The number of aromatic amines is 1. The number of methoxy groups -OCH3 is 1. The van der Waals surface area contributed by atoms with Gasteiger partial charge in [-0.05, 0) is 43.0 Å². The van der Waals surface area contributed by atoms with Gasteiger partial charge in [-0.3, -0.25) is 9.59 Å². The number of aryl methyl sites for hydroxylation is 1. The Labute approximate surface area is 164 Å². The van der Waals surface area contributed by atoms with Crippen molar-refractivity contribution in [1.29, 1.82) is 0 Å². The van der Waals surface area contributed by atoms with Gasteiger partial charge in [0.15, 0.2) is 0 Å². The minimum absolute atomic E-state index is 0.149. The van der Waals surface area contributed by atoms with Crippen LogP contribution in [0.25, 0.3) is 0 Å². The van der Waals surface area contributed by atoms with Crippen LogP contribution in [0, 0.1) is 6.92 Å². The van der Waals surface area contributed by atoms with E-state index in [9.17, 15) is 14.4 Å². The maximum Gasteiger partial charge on any atom is 0.339 e. The lowest BCUT2D eigenvalue weighted by atomic mass is 10.1. The van der Waals surface area contributed by atoms with Gasteiger partial charge >= 0.3 is 5.97 Å². The molecule has 1 aliphatic heterocycles. The van der Waals surface area contributed by atoms with Crippen LogP contribution >= 0.6 is 0 Å². The van der Waals surface area contributed by atoms with E-state index in [0.29, 0.717) is 41.9 Å². The van der Waals surface area contributed by atoms with E-state index in [4.69, 9.17) is 4.74 Å². The molecule has 0 saturated carbocycles. The molecule has 1 aromatic carbocycles. The molecule has 0 unspecified atom stereocenters. The molecule has 0 spiro atoms. The summed E-state index contributed by atoms with van der Waals surface area (Å²) in [6.07, 6.45) is 2.08. The topological polar surface area (TPSA) is 91.5 Å². The van der Waals surface area contributed by atoms with Crippen LogP contribution in [0.3, 0.4) is 0 Å². The highest BCUT2D eigenvalue weighted by Gasteiger charge is 2.24. The molecule has 28 heavy (non-hydrogen) atoms. The molecule has 7 nitrogen and oxygen atoms in total. The smallest absolute Gasteiger partial charge is 0.339 e. The fourth-order valence-electron chi connectivity index (χ4n) is 3.51. The number of carbonyl (C=O) groups is 3. The quantitative estimate of drug-likeness (QED) is 0.751. The van der Waals surface area contributed by atoms with Gasteiger partial charge in [-0.2, -0.15) is 0 Å². The number of hydrogen-bond acceptors (Lipinski definition) is 4. The fraction of sp³-hybridized carbons (Fsp3) is 0.381. The molecule has 2 aromatic rings. The van der Waals surface area contributed by atoms with Crippen molar-refractivity contribution >= 4 is 23.5 Å². The van der Waals surface area contributed by atoms with Crippen LogP contribution in [-0.4, -0.2) is 36.4 Å². The first-order valence-electron chi connectivity index (χ1n) is 9.43. The number of ether oxygens (including phenoxy) is 1. The van der Waals surface area contributed by atoms with Gasteiger partial charge in [0.05, 0.1) is 12.7 Å². The monoisotopic (exact) mass is 383 g/mol. The van der Waals surface area contributed by atoms with Crippen molar-refractivity contribution in [3.63, 3.8) is 0 Å². The average Bonchev–Trinajstić information content (AvgIpc) is 3.28. The molecule has 0 atom stereocenters. The molecule has 2 amide bonds. The van der Waals surface area contributed by atoms with Crippen LogP contribution in [0.15, 0.2) is 24.3 Å². The number of rotatable bonds is 6. The van der Waals surface area contributed by atoms with Gasteiger partial charge in [-0.15, -0.1) is 0 Å². The molecule has 1 fully saturated rings. The normalized spacial score (nSPS) is 13.7. The van der Waals surface area contributed by atoms with E-state index in [1.807, 2.05) is 31.2 Å². The van der Waals surface area contributed by atoms with E-state index in [1.54, 1.807) is 11.8 Å². The molecular weight excluding hydrogens is 358 g/mol. The molecule has 2 N–H and O–H groups in total. The Balaban J connectivity index is 1.68. The van der Waals surface area contributed by atoms with Gasteiger partial charge in [0.25, 0.3) is 5.91 Å². The number of nitrogens with zero attached hydrogens (tertiary/aromatic N) is 1. The first kappa shape index (κ1) is 19.7. The van der Waals surface area contributed by atoms with Crippen molar-refractivity contribution in [3.05, 3.63) is 52.3 Å². The molecule has 7 heteroatoms. The molecule has 148 valence electrons. The van der Waals surface area contributed by atoms with Crippen LogP contribution < -0.4 is 10.2 Å². The number of nitrogens with one attached hydrogen (secondary N) is 2. The number of benzene rings is 1. The van der Waals surface area contributed by atoms with E-state index in [1.165, 1.54) is 7.11 Å². The van der Waals surface area contributed by atoms with Gasteiger partial charge in [0.2, 0.25) is 5.91 Å². The highest BCUT2D eigenvalue weighted by molar-refractivity contribution is 6.00. The molecule has 0 radical (unpaired) electrons. The molecule has 1 aromatic heterocycles.